The van der Waals surface area contributed by atoms with Gasteiger partial charge in [-0.15, -0.1) is 0 Å². The minimum Gasteiger partial charge on any atom is -0.357 e. The van der Waals surface area contributed by atoms with E-state index < -0.39 is 0 Å². The molecular weight excluding hydrogens is 341 g/mol. The Bertz CT molecular complexity index is 860. The first-order chi connectivity index (χ1) is 13.3. The molecule has 5 nitrogen and oxygen atoms in total. The summed E-state index contributed by atoms with van der Waals surface area (Å²) in [6.07, 6.45) is 5.84. The highest BCUT2D eigenvalue weighted by molar-refractivity contribution is 5.79. The minimum atomic E-state index is -0.289. The van der Waals surface area contributed by atoms with E-state index in [0.29, 0.717) is 12.2 Å². The second-order valence-electron chi connectivity index (χ2n) is 6.11. The van der Waals surface area contributed by atoms with Crippen LogP contribution >= 0.6 is 0 Å². The molecular formula is C21H24FN5. The highest BCUT2D eigenvalue weighted by atomic mass is 19.1. The number of aromatic nitrogens is 2. The van der Waals surface area contributed by atoms with Gasteiger partial charge in [-0.1, -0.05) is 36.4 Å². The summed E-state index contributed by atoms with van der Waals surface area (Å²) in [5, 5.41) is 6.54. The van der Waals surface area contributed by atoms with Gasteiger partial charge < -0.3 is 15.2 Å². The molecule has 0 bridgehead atoms. The van der Waals surface area contributed by atoms with Crippen molar-refractivity contribution < 1.29 is 4.39 Å². The van der Waals surface area contributed by atoms with E-state index in [1.807, 2.05) is 31.2 Å². The number of nitrogens with zero attached hydrogens (tertiary/aromatic N) is 3. The van der Waals surface area contributed by atoms with Crippen LogP contribution in [0.5, 0.6) is 0 Å². The Morgan fingerprint density at radius 1 is 1.11 bits per heavy atom. The van der Waals surface area contributed by atoms with Crippen LogP contribution in [0.2, 0.25) is 0 Å². The van der Waals surface area contributed by atoms with E-state index in [4.69, 9.17) is 0 Å². The Labute approximate surface area is 159 Å². The van der Waals surface area contributed by atoms with Crippen LogP contribution in [-0.4, -0.2) is 28.6 Å². The molecule has 0 radical (unpaired) electrons. The maximum Gasteiger partial charge on any atom is 0.191 e. The summed E-state index contributed by atoms with van der Waals surface area (Å²) in [4.78, 5) is 8.51. The Morgan fingerprint density at radius 2 is 1.96 bits per heavy atom. The van der Waals surface area contributed by atoms with Gasteiger partial charge in [-0.05, 0) is 36.6 Å². The molecule has 0 fully saturated rings. The van der Waals surface area contributed by atoms with Crippen molar-refractivity contribution in [2.45, 2.75) is 19.9 Å². The smallest absolute Gasteiger partial charge is 0.191 e. The summed E-state index contributed by atoms with van der Waals surface area (Å²) in [7, 11) is 0. The van der Waals surface area contributed by atoms with Crippen LogP contribution < -0.4 is 10.6 Å². The van der Waals surface area contributed by atoms with Crippen molar-refractivity contribution in [1.82, 2.24) is 20.2 Å². The average molecular weight is 365 g/mol. The molecule has 0 spiro atoms. The Balaban J connectivity index is 1.60. The number of halogens is 1. The van der Waals surface area contributed by atoms with Gasteiger partial charge in [0.25, 0.3) is 0 Å². The van der Waals surface area contributed by atoms with Crippen molar-refractivity contribution in [2.75, 3.05) is 13.1 Å². The quantitative estimate of drug-likeness (QED) is 0.499. The SMILES string of the molecule is CCNC(=NCc1ccc(-n2ccnc2)c(F)c1)NCCc1ccccc1. The highest BCUT2D eigenvalue weighted by Gasteiger charge is 2.05. The van der Waals surface area contributed by atoms with E-state index in [-0.39, 0.29) is 5.82 Å². The zero-order valence-electron chi connectivity index (χ0n) is 15.4. The predicted molar refractivity (Wildman–Crippen MR) is 106 cm³/mol. The Hall–Kier alpha value is -3.15. The molecule has 140 valence electrons. The first-order valence-corrected chi connectivity index (χ1v) is 9.09. The molecule has 0 aliphatic heterocycles. The third-order valence-electron chi connectivity index (χ3n) is 4.11. The number of benzene rings is 2. The largest absolute Gasteiger partial charge is 0.357 e. The predicted octanol–water partition coefficient (Wildman–Crippen LogP) is 3.31. The normalized spacial score (nSPS) is 11.4. The second-order valence-corrected chi connectivity index (χ2v) is 6.11. The summed E-state index contributed by atoms with van der Waals surface area (Å²) in [6.45, 7) is 3.98. The van der Waals surface area contributed by atoms with Crippen LogP contribution in [0.1, 0.15) is 18.1 Å². The summed E-state index contributed by atoms with van der Waals surface area (Å²) in [5.41, 5.74) is 2.57. The molecule has 3 aromatic rings. The van der Waals surface area contributed by atoms with E-state index >= 15 is 0 Å². The van der Waals surface area contributed by atoms with Crippen molar-refractivity contribution in [3.05, 3.63) is 84.2 Å². The van der Waals surface area contributed by atoms with E-state index in [9.17, 15) is 4.39 Å². The van der Waals surface area contributed by atoms with E-state index in [2.05, 4.69) is 32.7 Å². The third-order valence-corrected chi connectivity index (χ3v) is 4.11. The van der Waals surface area contributed by atoms with Crippen molar-refractivity contribution in [2.24, 2.45) is 4.99 Å². The lowest BCUT2D eigenvalue weighted by atomic mass is 10.1. The molecule has 0 saturated carbocycles. The van der Waals surface area contributed by atoms with Crippen LogP contribution in [-0.2, 0) is 13.0 Å². The minimum absolute atomic E-state index is 0.289. The number of hydrogen-bond acceptors (Lipinski definition) is 2. The zero-order chi connectivity index (χ0) is 18.9. The molecule has 0 aliphatic rings. The number of guanidine groups is 1. The van der Waals surface area contributed by atoms with Crippen molar-refractivity contribution in [3.63, 3.8) is 0 Å². The van der Waals surface area contributed by atoms with Crippen molar-refractivity contribution in [1.29, 1.82) is 0 Å². The Kier molecular flexibility index (Phi) is 6.57. The Morgan fingerprint density at radius 3 is 2.67 bits per heavy atom. The van der Waals surface area contributed by atoms with Crippen molar-refractivity contribution >= 4 is 5.96 Å². The van der Waals surface area contributed by atoms with Crippen LogP contribution in [0.4, 0.5) is 4.39 Å². The number of hydrogen-bond donors (Lipinski definition) is 2. The molecule has 0 unspecified atom stereocenters. The van der Waals surface area contributed by atoms with Gasteiger partial charge in [-0.2, -0.15) is 0 Å². The first-order valence-electron chi connectivity index (χ1n) is 9.09. The van der Waals surface area contributed by atoms with Gasteiger partial charge in [-0.25, -0.2) is 14.4 Å². The topological polar surface area (TPSA) is 54.2 Å². The molecule has 0 saturated heterocycles. The van der Waals surface area contributed by atoms with Crippen LogP contribution in [0.25, 0.3) is 5.69 Å². The maximum atomic E-state index is 14.3. The summed E-state index contributed by atoms with van der Waals surface area (Å²) in [6, 6.07) is 15.5. The average Bonchev–Trinajstić information content (AvgIpc) is 3.21. The summed E-state index contributed by atoms with van der Waals surface area (Å²) < 4.78 is 16.0. The summed E-state index contributed by atoms with van der Waals surface area (Å²) in [5.74, 6) is 0.440. The molecule has 3 rings (SSSR count). The molecule has 1 aromatic heterocycles. The third kappa shape index (κ3) is 5.41. The summed E-state index contributed by atoms with van der Waals surface area (Å²) >= 11 is 0. The number of nitrogens with one attached hydrogen (secondary N) is 2. The number of aliphatic imine (C=N–C) groups is 1. The fourth-order valence-electron chi connectivity index (χ4n) is 2.74. The molecule has 0 atom stereocenters. The monoisotopic (exact) mass is 365 g/mol. The molecule has 1 heterocycles. The fraction of sp³-hybridized carbons (Fsp3) is 0.238. The lowest BCUT2D eigenvalue weighted by Gasteiger charge is -2.12. The fourth-order valence-corrected chi connectivity index (χ4v) is 2.74. The molecule has 27 heavy (non-hydrogen) atoms. The van der Waals surface area contributed by atoms with Gasteiger partial charge in [0, 0.05) is 25.5 Å². The standard InChI is InChI=1S/C21H24FN5/c1-2-24-21(25-11-10-17-6-4-3-5-7-17)26-15-18-8-9-20(19(22)14-18)27-13-12-23-16-27/h3-9,12-14,16H,2,10-11,15H2,1H3,(H2,24,25,26). The lowest BCUT2D eigenvalue weighted by Crippen LogP contribution is -2.38. The van der Waals surface area contributed by atoms with E-state index in [0.717, 1.165) is 31.0 Å². The van der Waals surface area contributed by atoms with Crippen LogP contribution in [0, 0.1) is 5.82 Å². The molecule has 0 aliphatic carbocycles. The van der Waals surface area contributed by atoms with E-state index in [1.54, 1.807) is 29.4 Å². The van der Waals surface area contributed by atoms with E-state index in [1.165, 1.54) is 11.6 Å². The van der Waals surface area contributed by atoms with Gasteiger partial charge >= 0.3 is 0 Å². The van der Waals surface area contributed by atoms with Gasteiger partial charge in [0.15, 0.2) is 5.96 Å². The number of imidazole rings is 1. The highest BCUT2D eigenvalue weighted by Crippen LogP contribution is 2.15. The molecule has 0 amide bonds. The molecule has 2 N–H and O–H groups in total. The van der Waals surface area contributed by atoms with Gasteiger partial charge in [0.05, 0.1) is 18.6 Å². The lowest BCUT2D eigenvalue weighted by molar-refractivity contribution is 0.615. The van der Waals surface area contributed by atoms with Crippen LogP contribution in [0.3, 0.4) is 0 Å². The van der Waals surface area contributed by atoms with Gasteiger partial charge in [0.2, 0.25) is 0 Å². The van der Waals surface area contributed by atoms with Crippen molar-refractivity contribution in [3.8, 4) is 5.69 Å². The zero-order valence-corrected chi connectivity index (χ0v) is 15.4. The van der Waals surface area contributed by atoms with Gasteiger partial charge in [-0.3, -0.25) is 0 Å². The first kappa shape index (κ1) is 18.6. The molecule has 6 heteroatoms. The second kappa shape index (κ2) is 9.52. The molecule has 2 aromatic carbocycles. The number of rotatable bonds is 7. The van der Waals surface area contributed by atoms with Gasteiger partial charge in [0.1, 0.15) is 5.82 Å². The maximum absolute atomic E-state index is 14.3. The van der Waals surface area contributed by atoms with Crippen LogP contribution in [0.15, 0.2) is 72.2 Å².